The fraction of sp³-hybridized carbons (Fsp3) is 0.882. The van der Waals surface area contributed by atoms with Crippen LogP contribution in [0.15, 0.2) is 0 Å². The van der Waals surface area contributed by atoms with Crippen molar-refractivity contribution in [1.29, 1.82) is 0 Å². The molecule has 1 saturated heterocycles. The van der Waals surface area contributed by atoms with Crippen molar-refractivity contribution < 1.29 is 9.59 Å². The maximum atomic E-state index is 12.6. The van der Waals surface area contributed by atoms with Crippen molar-refractivity contribution in [2.45, 2.75) is 69.9 Å². The normalized spacial score (nSPS) is 38.0. The third-order valence-corrected chi connectivity index (χ3v) is 6.12. The minimum atomic E-state index is -0.184. The van der Waals surface area contributed by atoms with Crippen LogP contribution < -0.4 is 5.32 Å². The van der Waals surface area contributed by atoms with Gasteiger partial charge >= 0.3 is 0 Å². The molecule has 0 radical (unpaired) electrons. The van der Waals surface area contributed by atoms with Crippen molar-refractivity contribution in [2.24, 2.45) is 17.8 Å². The molecular formula is C17H26N2O2. The van der Waals surface area contributed by atoms with Crippen LogP contribution in [-0.4, -0.2) is 35.3 Å². The Hall–Kier alpha value is -1.06. The molecule has 0 spiro atoms. The van der Waals surface area contributed by atoms with Crippen molar-refractivity contribution in [2.75, 3.05) is 6.54 Å². The average Bonchev–Trinajstić information content (AvgIpc) is 2.94. The van der Waals surface area contributed by atoms with E-state index in [-0.39, 0.29) is 17.9 Å². The van der Waals surface area contributed by atoms with Gasteiger partial charge in [0.15, 0.2) is 0 Å². The molecule has 1 heterocycles. The maximum absolute atomic E-state index is 12.6. The van der Waals surface area contributed by atoms with Gasteiger partial charge in [0.2, 0.25) is 11.8 Å². The largest absolute Gasteiger partial charge is 0.352 e. The standard InChI is InChI=1S/C17H26N2O2/c20-16(10-13-9-11-3-4-12(13)8-11)19-7-1-2-15(19)17(21)18-14-5-6-14/h11-15H,1-10H2,(H,18,21)/t11-,12-,13+,15+/m0/s1. The lowest BCUT2D eigenvalue weighted by Crippen LogP contribution is -2.47. The van der Waals surface area contributed by atoms with Gasteiger partial charge in [-0.25, -0.2) is 0 Å². The Morgan fingerprint density at radius 2 is 1.90 bits per heavy atom. The van der Waals surface area contributed by atoms with Gasteiger partial charge in [0.05, 0.1) is 0 Å². The van der Waals surface area contributed by atoms with Crippen LogP contribution in [0.5, 0.6) is 0 Å². The predicted molar refractivity (Wildman–Crippen MR) is 79.5 cm³/mol. The van der Waals surface area contributed by atoms with Gasteiger partial charge < -0.3 is 10.2 Å². The van der Waals surface area contributed by atoms with E-state index in [0.717, 1.165) is 44.1 Å². The van der Waals surface area contributed by atoms with Gasteiger partial charge in [-0.3, -0.25) is 9.59 Å². The van der Waals surface area contributed by atoms with E-state index in [1.807, 2.05) is 4.90 Å². The van der Waals surface area contributed by atoms with Crippen molar-refractivity contribution in [3.63, 3.8) is 0 Å². The van der Waals surface area contributed by atoms with E-state index in [4.69, 9.17) is 0 Å². The zero-order chi connectivity index (χ0) is 14.4. The summed E-state index contributed by atoms with van der Waals surface area (Å²) in [6.07, 6.45) is 10.0. The van der Waals surface area contributed by atoms with Crippen LogP contribution in [-0.2, 0) is 9.59 Å². The summed E-state index contributed by atoms with van der Waals surface area (Å²) in [7, 11) is 0. The zero-order valence-electron chi connectivity index (χ0n) is 12.7. The van der Waals surface area contributed by atoms with Crippen LogP contribution in [0.4, 0.5) is 0 Å². The molecule has 2 bridgehead atoms. The molecule has 2 amide bonds. The first-order valence-corrected chi connectivity index (χ1v) is 8.80. The summed E-state index contributed by atoms with van der Waals surface area (Å²) >= 11 is 0. The van der Waals surface area contributed by atoms with E-state index >= 15 is 0 Å². The number of nitrogens with one attached hydrogen (secondary N) is 1. The highest BCUT2D eigenvalue weighted by Gasteiger charge is 2.42. The molecule has 0 aromatic heterocycles. The fourth-order valence-corrected chi connectivity index (χ4v) is 4.83. The highest BCUT2D eigenvalue weighted by Crippen LogP contribution is 2.49. The van der Waals surface area contributed by atoms with E-state index in [9.17, 15) is 9.59 Å². The van der Waals surface area contributed by atoms with E-state index in [1.54, 1.807) is 0 Å². The lowest BCUT2D eigenvalue weighted by molar-refractivity contribution is -0.139. The number of carbonyl (C=O) groups excluding carboxylic acids is 2. The second-order valence-electron chi connectivity index (χ2n) is 7.67. The molecule has 4 heteroatoms. The second kappa shape index (κ2) is 5.29. The SMILES string of the molecule is O=C(NC1CC1)[C@H]1CCCN1C(=O)C[C@H]1C[C@H]2CC[C@H]1C2. The van der Waals surface area contributed by atoms with Crippen molar-refractivity contribution in [3.8, 4) is 0 Å². The molecule has 0 unspecified atom stereocenters. The molecule has 116 valence electrons. The quantitative estimate of drug-likeness (QED) is 0.862. The van der Waals surface area contributed by atoms with E-state index in [1.165, 1.54) is 25.7 Å². The number of hydrogen-bond donors (Lipinski definition) is 1. The third-order valence-electron chi connectivity index (χ3n) is 6.12. The Morgan fingerprint density at radius 1 is 1.05 bits per heavy atom. The molecule has 0 aromatic carbocycles. The van der Waals surface area contributed by atoms with Crippen molar-refractivity contribution in [3.05, 3.63) is 0 Å². The van der Waals surface area contributed by atoms with Gasteiger partial charge in [-0.15, -0.1) is 0 Å². The maximum Gasteiger partial charge on any atom is 0.243 e. The smallest absolute Gasteiger partial charge is 0.243 e. The number of rotatable bonds is 4. The molecule has 4 atom stereocenters. The van der Waals surface area contributed by atoms with Gasteiger partial charge in [0.1, 0.15) is 6.04 Å². The molecule has 4 aliphatic rings. The highest BCUT2D eigenvalue weighted by atomic mass is 16.2. The topological polar surface area (TPSA) is 49.4 Å². The Bertz CT molecular complexity index is 446. The summed E-state index contributed by atoms with van der Waals surface area (Å²) in [5.74, 6) is 2.61. The van der Waals surface area contributed by atoms with Gasteiger partial charge in [-0.1, -0.05) is 6.42 Å². The first-order chi connectivity index (χ1) is 10.2. The van der Waals surface area contributed by atoms with E-state index in [2.05, 4.69) is 5.32 Å². The molecule has 21 heavy (non-hydrogen) atoms. The van der Waals surface area contributed by atoms with Crippen LogP contribution in [0, 0.1) is 17.8 Å². The lowest BCUT2D eigenvalue weighted by Gasteiger charge is -2.27. The average molecular weight is 290 g/mol. The number of amides is 2. The van der Waals surface area contributed by atoms with Crippen molar-refractivity contribution >= 4 is 11.8 Å². The Morgan fingerprint density at radius 3 is 2.57 bits per heavy atom. The number of nitrogens with zero attached hydrogens (tertiary/aromatic N) is 1. The van der Waals surface area contributed by atoms with Crippen molar-refractivity contribution in [1.82, 2.24) is 10.2 Å². The summed E-state index contributed by atoms with van der Waals surface area (Å²) in [6, 6.07) is 0.206. The number of hydrogen-bond acceptors (Lipinski definition) is 2. The highest BCUT2D eigenvalue weighted by molar-refractivity contribution is 5.88. The predicted octanol–water partition coefficient (Wildman–Crippen LogP) is 2.08. The molecule has 4 nitrogen and oxygen atoms in total. The Balaban J connectivity index is 1.35. The van der Waals surface area contributed by atoms with Crippen LogP contribution in [0.3, 0.4) is 0 Å². The lowest BCUT2D eigenvalue weighted by atomic mass is 9.86. The summed E-state index contributed by atoms with van der Waals surface area (Å²) in [4.78, 5) is 26.8. The van der Waals surface area contributed by atoms with Crippen LogP contribution in [0.1, 0.15) is 57.8 Å². The van der Waals surface area contributed by atoms with Crippen LogP contribution >= 0.6 is 0 Å². The first kappa shape index (κ1) is 13.6. The zero-order valence-corrected chi connectivity index (χ0v) is 12.7. The van der Waals surface area contributed by atoms with E-state index in [0.29, 0.717) is 18.4 Å². The third kappa shape index (κ3) is 2.69. The monoisotopic (exact) mass is 290 g/mol. The molecule has 4 rings (SSSR count). The minimum Gasteiger partial charge on any atom is -0.352 e. The molecular weight excluding hydrogens is 264 g/mol. The molecule has 0 aromatic rings. The Labute approximate surface area is 126 Å². The van der Waals surface area contributed by atoms with Gasteiger partial charge in [-0.2, -0.15) is 0 Å². The number of carbonyl (C=O) groups is 2. The number of likely N-dealkylation sites (tertiary alicyclic amines) is 1. The van der Waals surface area contributed by atoms with Gasteiger partial charge in [0.25, 0.3) is 0 Å². The summed E-state index contributed by atoms with van der Waals surface area (Å²) < 4.78 is 0. The van der Waals surface area contributed by atoms with Gasteiger partial charge in [0, 0.05) is 19.0 Å². The van der Waals surface area contributed by atoms with E-state index < -0.39 is 0 Å². The molecule has 1 N–H and O–H groups in total. The molecule has 3 saturated carbocycles. The Kier molecular flexibility index (Phi) is 3.43. The first-order valence-electron chi connectivity index (χ1n) is 8.80. The number of fused-ring (bicyclic) bond motifs is 2. The van der Waals surface area contributed by atoms with Crippen LogP contribution in [0.25, 0.3) is 0 Å². The van der Waals surface area contributed by atoms with Crippen LogP contribution in [0.2, 0.25) is 0 Å². The summed E-state index contributed by atoms with van der Waals surface area (Å²) in [5, 5.41) is 3.07. The second-order valence-corrected chi connectivity index (χ2v) is 7.67. The summed E-state index contributed by atoms with van der Waals surface area (Å²) in [6.45, 7) is 0.780. The fourth-order valence-electron chi connectivity index (χ4n) is 4.83. The molecule has 3 aliphatic carbocycles. The minimum absolute atomic E-state index is 0.0938. The summed E-state index contributed by atoms with van der Waals surface area (Å²) in [5.41, 5.74) is 0. The molecule has 1 aliphatic heterocycles. The molecule has 4 fully saturated rings. The van der Waals surface area contributed by atoms with Gasteiger partial charge in [-0.05, 0) is 62.7 Å².